The molecular weight excluding hydrogens is 260 g/mol. The van der Waals surface area contributed by atoms with Gasteiger partial charge in [-0.2, -0.15) is 5.10 Å². The number of likely N-dealkylation sites (tertiary alicyclic amines) is 1. The van der Waals surface area contributed by atoms with E-state index in [4.69, 9.17) is 0 Å². The second-order valence-electron chi connectivity index (χ2n) is 5.93. The van der Waals surface area contributed by atoms with E-state index in [0.717, 1.165) is 18.8 Å². The quantitative estimate of drug-likeness (QED) is 0.887. The Bertz CT molecular complexity index is 532. The fourth-order valence-corrected chi connectivity index (χ4v) is 3.00. The number of aromatic amines is 1. The Morgan fingerprint density at radius 3 is 2.81 bits per heavy atom. The van der Waals surface area contributed by atoms with E-state index in [1.165, 1.54) is 36.9 Å². The van der Waals surface area contributed by atoms with Crippen LogP contribution in [0.3, 0.4) is 0 Å². The highest BCUT2D eigenvalue weighted by atomic mass is 15.2. The summed E-state index contributed by atoms with van der Waals surface area (Å²) in [7, 11) is 2.24. The minimum Gasteiger partial charge on any atom is -0.311 e. The molecule has 2 N–H and O–H groups in total. The topological polar surface area (TPSA) is 44.0 Å². The summed E-state index contributed by atoms with van der Waals surface area (Å²) in [6.07, 6.45) is 5.82. The molecular formula is C17H24N4. The molecule has 1 aliphatic rings. The maximum absolute atomic E-state index is 3.99. The third-order valence-electron chi connectivity index (χ3n) is 4.40. The first-order chi connectivity index (χ1) is 10.3. The van der Waals surface area contributed by atoms with Crippen LogP contribution in [0.1, 0.15) is 24.8 Å². The molecule has 4 heteroatoms. The molecule has 1 saturated heterocycles. The van der Waals surface area contributed by atoms with Crippen LogP contribution in [0.2, 0.25) is 0 Å². The van der Waals surface area contributed by atoms with E-state index in [0.29, 0.717) is 6.04 Å². The van der Waals surface area contributed by atoms with E-state index in [1.54, 1.807) is 6.20 Å². The lowest BCUT2D eigenvalue weighted by atomic mass is 10.0. The maximum Gasteiger partial charge on any atom is 0.0650 e. The van der Waals surface area contributed by atoms with Crippen LogP contribution in [0, 0.1) is 0 Å². The highest BCUT2D eigenvalue weighted by Crippen LogP contribution is 2.17. The molecule has 0 radical (unpaired) electrons. The van der Waals surface area contributed by atoms with Crippen LogP contribution in [-0.2, 0) is 6.54 Å². The average Bonchev–Trinajstić information content (AvgIpc) is 3.04. The van der Waals surface area contributed by atoms with Crippen LogP contribution < -0.4 is 5.32 Å². The van der Waals surface area contributed by atoms with Gasteiger partial charge in [0.2, 0.25) is 0 Å². The summed E-state index contributed by atoms with van der Waals surface area (Å²) in [6.45, 7) is 3.26. The first kappa shape index (κ1) is 14.3. The molecule has 1 atom stereocenters. The van der Waals surface area contributed by atoms with Crippen molar-refractivity contribution in [3.8, 4) is 11.3 Å². The number of likely N-dealkylation sites (N-methyl/N-ethyl adjacent to an activating group) is 1. The van der Waals surface area contributed by atoms with Gasteiger partial charge in [-0.05, 0) is 43.6 Å². The van der Waals surface area contributed by atoms with Gasteiger partial charge in [-0.15, -0.1) is 0 Å². The van der Waals surface area contributed by atoms with E-state index in [2.05, 4.69) is 51.7 Å². The number of nitrogens with one attached hydrogen (secondary N) is 2. The molecule has 2 heterocycles. The van der Waals surface area contributed by atoms with Gasteiger partial charge in [-0.1, -0.05) is 30.7 Å². The van der Waals surface area contributed by atoms with Crippen molar-refractivity contribution < 1.29 is 0 Å². The van der Waals surface area contributed by atoms with Crippen molar-refractivity contribution in [1.82, 2.24) is 20.4 Å². The Balaban J connectivity index is 1.49. The Kier molecular flexibility index (Phi) is 4.68. The summed E-state index contributed by atoms with van der Waals surface area (Å²) >= 11 is 0. The Morgan fingerprint density at radius 1 is 1.24 bits per heavy atom. The summed E-state index contributed by atoms with van der Waals surface area (Å²) in [6, 6.07) is 11.4. The highest BCUT2D eigenvalue weighted by Gasteiger charge is 2.17. The lowest BCUT2D eigenvalue weighted by molar-refractivity contribution is 0.181. The van der Waals surface area contributed by atoms with Crippen molar-refractivity contribution >= 4 is 0 Å². The SMILES string of the molecule is CN1CCCCC1CNCc1ccc(-c2ccn[nH]2)cc1. The van der Waals surface area contributed by atoms with E-state index in [1.807, 2.05) is 6.07 Å². The summed E-state index contributed by atoms with van der Waals surface area (Å²) in [4.78, 5) is 2.48. The maximum atomic E-state index is 3.99. The van der Waals surface area contributed by atoms with Crippen LogP contribution >= 0.6 is 0 Å². The minimum absolute atomic E-state index is 0.697. The van der Waals surface area contributed by atoms with E-state index in [-0.39, 0.29) is 0 Å². The zero-order valence-corrected chi connectivity index (χ0v) is 12.7. The summed E-state index contributed by atoms with van der Waals surface area (Å²) in [5, 5.41) is 10.6. The van der Waals surface area contributed by atoms with Gasteiger partial charge in [-0.25, -0.2) is 0 Å². The molecule has 3 rings (SSSR count). The molecule has 0 saturated carbocycles. The predicted molar refractivity (Wildman–Crippen MR) is 86.0 cm³/mol. The van der Waals surface area contributed by atoms with Gasteiger partial charge in [0.05, 0.1) is 5.69 Å². The Hall–Kier alpha value is -1.65. The molecule has 4 nitrogen and oxygen atoms in total. The molecule has 1 fully saturated rings. The normalized spacial score (nSPS) is 19.8. The highest BCUT2D eigenvalue weighted by molar-refractivity contribution is 5.58. The number of piperidine rings is 1. The first-order valence-electron chi connectivity index (χ1n) is 7.82. The zero-order valence-electron chi connectivity index (χ0n) is 12.7. The molecule has 1 aromatic heterocycles. The number of benzene rings is 1. The van der Waals surface area contributed by atoms with Crippen LogP contribution in [0.4, 0.5) is 0 Å². The van der Waals surface area contributed by atoms with Gasteiger partial charge in [0, 0.05) is 25.3 Å². The molecule has 0 amide bonds. The standard InChI is InChI=1S/C17H24N4/c1-21-11-3-2-4-16(21)13-18-12-14-5-7-15(8-6-14)17-9-10-19-20-17/h5-10,16,18H,2-4,11-13H2,1H3,(H,19,20). The van der Waals surface area contributed by atoms with Crippen molar-refractivity contribution in [2.75, 3.05) is 20.1 Å². The fourth-order valence-electron chi connectivity index (χ4n) is 3.00. The lowest BCUT2D eigenvalue weighted by Crippen LogP contribution is -2.42. The van der Waals surface area contributed by atoms with Crippen molar-refractivity contribution in [3.05, 3.63) is 42.1 Å². The van der Waals surface area contributed by atoms with Crippen molar-refractivity contribution in [2.45, 2.75) is 31.8 Å². The molecule has 0 aliphatic carbocycles. The fraction of sp³-hybridized carbons (Fsp3) is 0.471. The Labute approximate surface area is 126 Å². The van der Waals surface area contributed by atoms with Gasteiger partial charge in [0.15, 0.2) is 0 Å². The predicted octanol–water partition coefficient (Wildman–Crippen LogP) is 2.65. The van der Waals surface area contributed by atoms with Crippen LogP contribution in [0.5, 0.6) is 0 Å². The van der Waals surface area contributed by atoms with Gasteiger partial charge in [0.25, 0.3) is 0 Å². The van der Waals surface area contributed by atoms with E-state index in [9.17, 15) is 0 Å². The van der Waals surface area contributed by atoms with Crippen LogP contribution in [0.25, 0.3) is 11.3 Å². The van der Waals surface area contributed by atoms with Gasteiger partial charge >= 0.3 is 0 Å². The minimum atomic E-state index is 0.697. The zero-order chi connectivity index (χ0) is 14.5. The smallest absolute Gasteiger partial charge is 0.0650 e. The number of rotatable bonds is 5. The average molecular weight is 284 g/mol. The number of aromatic nitrogens is 2. The van der Waals surface area contributed by atoms with Gasteiger partial charge in [-0.3, -0.25) is 5.10 Å². The molecule has 21 heavy (non-hydrogen) atoms. The Morgan fingerprint density at radius 2 is 2.10 bits per heavy atom. The molecule has 1 aliphatic heterocycles. The molecule has 0 spiro atoms. The second kappa shape index (κ2) is 6.87. The summed E-state index contributed by atoms with van der Waals surface area (Å²) in [5.41, 5.74) is 3.58. The number of hydrogen-bond donors (Lipinski definition) is 2. The lowest BCUT2D eigenvalue weighted by Gasteiger charge is -2.32. The largest absolute Gasteiger partial charge is 0.311 e. The van der Waals surface area contributed by atoms with Crippen molar-refractivity contribution in [2.24, 2.45) is 0 Å². The van der Waals surface area contributed by atoms with Crippen molar-refractivity contribution in [3.63, 3.8) is 0 Å². The van der Waals surface area contributed by atoms with Gasteiger partial charge in [0.1, 0.15) is 0 Å². The molecule has 1 aromatic carbocycles. The molecule has 0 bridgehead atoms. The van der Waals surface area contributed by atoms with Gasteiger partial charge < -0.3 is 10.2 Å². The molecule has 2 aromatic rings. The second-order valence-corrected chi connectivity index (χ2v) is 5.93. The van der Waals surface area contributed by atoms with E-state index < -0.39 is 0 Å². The summed E-state index contributed by atoms with van der Waals surface area (Å²) in [5.74, 6) is 0. The molecule has 1 unspecified atom stereocenters. The van der Waals surface area contributed by atoms with Crippen LogP contribution in [-0.4, -0.2) is 41.3 Å². The molecule has 112 valence electrons. The summed E-state index contributed by atoms with van der Waals surface area (Å²) < 4.78 is 0. The third-order valence-corrected chi connectivity index (χ3v) is 4.40. The monoisotopic (exact) mass is 284 g/mol. The number of H-pyrrole nitrogens is 1. The first-order valence-corrected chi connectivity index (χ1v) is 7.82. The van der Waals surface area contributed by atoms with Crippen LogP contribution in [0.15, 0.2) is 36.5 Å². The van der Waals surface area contributed by atoms with E-state index >= 15 is 0 Å². The van der Waals surface area contributed by atoms with Crippen molar-refractivity contribution in [1.29, 1.82) is 0 Å². The third kappa shape index (κ3) is 3.71. The number of hydrogen-bond acceptors (Lipinski definition) is 3. The number of nitrogens with zero attached hydrogens (tertiary/aromatic N) is 2.